The summed E-state index contributed by atoms with van der Waals surface area (Å²) < 4.78 is 21.2. The highest BCUT2D eigenvalue weighted by atomic mass is 16.7. The van der Waals surface area contributed by atoms with Crippen LogP contribution in [0.3, 0.4) is 0 Å². The van der Waals surface area contributed by atoms with E-state index in [2.05, 4.69) is 0 Å². The Kier molecular flexibility index (Phi) is 6.59. The molecule has 0 aromatic carbocycles. The Labute approximate surface area is 138 Å². The van der Waals surface area contributed by atoms with Crippen molar-refractivity contribution in [3.05, 3.63) is 12.2 Å². The first-order valence-electron chi connectivity index (χ1n) is 7.60. The molecule has 1 amide bonds. The molecule has 7 nitrogen and oxygen atoms in total. The number of nitrogens with zero attached hydrogens (tertiary/aromatic N) is 1. The molecule has 0 radical (unpaired) electrons. The minimum atomic E-state index is -0.933. The molecule has 7 heteroatoms. The molecule has 1 aliphatic rings. The fourth-order valence-corrected chi connectivity index (χ4v) is 2.34. The van der Waals surface area contributed by atoms with Gasteiger partial charge in [0.15, 0.2) is 6.29 Å². The predicted molar refractivity (Wildman–Crippen MR) is 84.8 cm³/mol. The van der Waals surface area contributed by atoms with E-state index in [9.17, 15) is 9.90 Å². The summed E-state index contributed by atoms with van der Waals surface area (Å²) in [6.45, 7) is 9.12. The molecular formula is C16H29NO6. The fourth-order valence-electron chi connectivity index (χ4n) is 2.34. The Morgan fingerprint density at radius 2 is 1.87 bits per heavy atom. The van der Waals surface area contributed by atoms with Gasteiger partial charge in [-0.2, -0.15) is 0 Å². The SMILES string of the molecule is COC(/C=C\[C@H](O)[C@H]1COC(C)(C)N1C(=O)OC(C)(C)C)OC. The molecule has 0 unspecified atom stereocenters. The molecule has 1 N–H and O–H groups in total. The monoisotopic (exact) mass is 331 g/mol. The van der Waals surface area contributed by atoms with Crippen LogP contribution in [0.2, 0.25) is 0 Å². The van der Waals surface area contributed by atoms with Crippen LogP contribution in [0.1, 0.15) is 34.6 Å². The number of hydrogen-bond acceptors (Lipinski definition) is 6. The Hall–Kier alpha value is -1.15. The van der Waals surface area contributed by atoms with Crippen LogP contribution in [0, 0.1) is 0 Å². The first-order chi connectivity index (χ1) is 10.5. The van der Waals surface area contributed by atoms with E-state index in [1.54, 1.807) is 40.7 Å². The van der Waals surface area contributed by atoms with E-state index < -0.39 is 35.9 Å². The third-order valence-electron chi connectivity index (χ3n) is 3.43. The van der Waals surface area contributed by atoms with Gasteiger partial charge in [0.05, 0.1) is 18.8 Å². The number of hydrogen-bond donors (Lipinski definition) is 1. The van der Waals surface area contributed by atoms with E-state index in [1.165, 1.54) is 25.2 Å². The maximum absolute atomic E-state index is 12.5. The van der Waals surface area contributed by atoms with Gasteiger partial charge in [-0.05, 0) is 40.7 Å². The molecule has 0 aliphatic carbocycles. The predicted octanol–water partition coefficient (Wildman–Crippen LogP) is 1.89. The van der Waals surface area contributed by atoms with Gasteiger partial charge in [-0.1, -0.05) is 6.08 Å². The molecule has 1 fully saturated rings. The topological polar surface area (TPSA) is 77.5 Å². The number of rotatable bonds is 5. The third kappa shape index (κ3) is 5.46. The average Bonchev–Trinajstić information content (AvgIpc) is 2.73. The van der Waals surface area contributed by atoms with E-state index in [0.717, 1.165) is 0 Å². The van der Waals surface area contributed by atoms with Gasteiger partial charge in [0.1, 0.15) is 11.3 Å². The number of carbonyl (C=O) groups excluding carboxylic acids is 1. The van der Waals surface area contributed by atoms with Crippen molar-refractivity contribution in [1.82, 2.24) is 4.90 Å². The van der Waals surface area contributed by atoms with E-state index in [-0.39, 0.29) is 6.61 Å². The summed E-state index contributed by atoms with van der Waals surface area (Å²) in [7, 11) is 3.00. The van der Waals surface area contributed by atoms with Crippen LogP contribution in [0.25, 0.3) is 0 Å². The third-order valence-corrected chi connectivity index (χ3v) is 3.43. The number of aliphatic hydroxyl groups is 1. The smallest absolute Gasteiger partial charge is 0.413 e. The zero-order valence-corrected chi connectivity index (χ0v) is 15.0. The quantitative estimate of drug-likeness (QED) is 0.612. The summed E-state index contributed by atoms with van der Waals surface area (Å²) in [5.74, 6) is 0. The number of methoxy groups -OCH3 is 2. The molecule has 0 spiro atoms. The van der Waals surface area contributed by atoms with Crippen molar-refractivity contribution in [2.24, 2.45) is 0 Å². The Balaban J connectivity index is 2.89. The molecule has 1 saturated heterocycles. The van der Waals surface area contributed by atoms with Gasteiger partial charge in [0.2, 0.25) is 0 Å². The Morgan fingerprint density at radius 1 is 1.30 bits per heavy atom. The van der Waals surface area contributed by atoms with Gasteiger partial charge in [0, 0.05) is 14.2 Å². The highest BCUT2D eigenvalue weighted by molar-refractivity contribution is 5.70. The van der Waals surface area contributed by atoms with Crippen LogP contribution in [-0.2, 0) is 18.9 Å². The molecule has 1 aliphatic heterocycles. The number of aliphatic hydroxyl groups excluding tert-OH is 1. The van der Waals surface area contributed by atoms with Gasteiger partial charge in [-0.25, -0.2) is 4.79 Å². The summed E-state index contributed by atoms with van der Waals surface area (Å²) in [6, 6.07) is -0.550. The Morgan fingerprint density at radius 3 is 2.35 bits per heavy atom. The number of amides is 1. The minimum Gasteiger partial charge on any atom is -0.444 e. The first-order valence-corrected chi connectivity index (χ1v) is 7.60. The van der Waals surface area contributed by atoms with Crippen molar-refractivity contribution in [2.75, 3.05) is 20.8 Å². The van der Waals surface area contributed by atoms with Crippen LogP contribution >= 0.6 is 0 Å². The highest BCUT2D eigenvalue weighted by Crippen LogP contribution is 2.31. The molecule has 0 bridgehead atoms. The van der Waals surface area contributed by atoms with E-state index in [4.69, 9.17) is 18.9 Å². The molecule has 1 heterocycles. The second-order valence-electron chi connectivity index (χ2n) is 6.89. The summed E-state index contributed by atoms with van der Waals surface area (Å²) in [6.07, 6.45) is 1.10. The van der Waals surface area contributed by atoms with Crippen molar-refractivity contribution in [2.45, 2.75) is 64.4 Å². The average molecular weight is 331 g/mol. The van der Waals surface area contributed by atoms with Gasteiger partial charge in [0.25, 0.3) is 0 Å². The summed E-state index contributed by atoms with van der Waals surface area (Å²) in [5, 5.41) is 10.4. The Bertz CT molecular complexity index is 425. The van der Waals surface area contributed by atoms with Crippen LogP contribution < -0.4 is 0 Å². The summed E-state index contributed by atoms with van der Waals surface area (Å²) in [4.78, 5) is 13.9. The van der Waals surface area contributed by atoms with Crippen LogP contribution in [0.4, 0.5) is 4.79 Å². The maximum Gasteiger partial charge on any atom is 0.413 e. The second kappa shape index (κ2) is 7.61. The molecule has 0 aromatic heterocycles. The summed E-state index contributed by atoms with van der Waals surface area (Å²) >= 11 is 0. The van der Waals surface area contributed by atoms with Gasteiger partial charge in [-0.15, -0.1) is 0 Å². The zero-order chi connectivity index (χ0) is 17.8. The van der Waals surface area contributed by atoms with Gasteiger partial charge in [-0.3, -0.25) is 4.90 Å². The van der Waals surface area contributed by atoms with Crippen molar-refractivity contribution in [3.63, 3.8) is 0 Å². The molecule has 2 atom stereocenters. The minimum absolute atomic E-state index is 0.211. The maximum atomic E-state index is 12.5. The van der Waals surface area contributed by atoms with Crippen LogP contribution in [-0.4, -0.2) is 66.7 Å². The van der Waals surface area contributed by atoms with E-state index >= 15 is 0 Å². The van der Waals surface area contributed by atoms with Crippen molar-refractivity contribution < 1.29 is 28.8 Å². The second-order valence-corrected chi connectivity index (χ2v) is 6.89. The molecule has 134 valence electrons. The number of carbonyl (C=O) groups is 1. The molecule has 1 rings (SSSR count). The molecule has 0 saturated carbocycles. The van der Waals surface area contributed by atoms with Crippen molar-refractivity contribution in [3.8, 4) is 0 Å². The lowest BCUT2D eigenvalue weighted by atomic mass is 10.1. The zero-order valence-electron chi connectivity index (χ0n) is 15.0. The van der Waals surface area contributed by atoms with E-state index in [1.807, 2.05) is 0 Å². The standard InChI is InChI=1S/C16H29NO6/c1-15(2,3)23-14(19)17-11(10-22-16(17,4)5)12(18)8-9-13(20-6)21-7/h8-9,11-13,18H,10H2,1-7H3/b9-8-/t11-,12+/m1/s1. The molecular weight excluding hydrogens is 302 g/mol. The first kappa shape index (κ1) is 19.9. The lowest BCUT2D eigenvalue weighted by Crippen LogP contribution is -2.53. The normalized spacial score (nSPS) is 22.8. The van der Waals surface area contributed by atoms with Crippen molar-refractivity contribution in [1.29, 1.82) is 0 Å². The summed E-state index contributed by atoms with van der Waals surface area (Å²) in [5.41, 5.74) is -1.48. The molecule has 0 aromatic rings. The largest absolute Gasteiger partial charge is 0.444 e. The lowest BCUT2D eigenvalue weighted by Gasteiger charge is -2.36. The number of ether oxygens (including phenoxy) is 4. The molecule has 23 heavy (non-hydrogen) atoms. The van der Waals surface area contributed by atoms with Gasteiger partial charge >= 0.3 is 6.09 Å². The van der Waals surface area contributed by atoms with E-state index in [0.29, 0.717) is 0 Å². The highest BCUT2D eigenvalue weighted by Gasteiger charge is 2.47. The van der Waals surface area contributed by atoms with Crippen molar-refractivity contribution >= 4 is 6.09 Å². The fraction of sp³-hybridized carbons (Fsp3) is 0.812. The van der Waals surface area contributed by atoms with Gasteiger partial charge < -0.3 is 24.1 Å². The van der Waals surface area contributed by atoms with Crippen LogP contribution in [0.15, 0.2) is 12.2 Å². The van der Waals surface area contributed by atoms with Crippen LogP contribution in [0.5, 0.6) is 0 Å². The lowest BCUT2D eigenvalue weighted by molar-refractivity contribution is -0.0688.